The highest BCUT2D eigenvalue weighted by atomic mass is 19.3. The van der Waals surface area contributed by atoms with Crippen LogP contribution in [0.4, 0.5) is 23.4 Å². The molecular formula is C12H15F4N3O. The van der Waals surface area contributed by atoms with E-state index in [1.807, 2.05) is 6.92 Å². The average molecular weight is 293 g/mol. The Morgan fingerprint density at radius 3 is 2.75 bits per heavy atom. The van der Waals surface area contributed by atoms with E-state index >= 15 is 0 Å². The second-order valence-corrected chi connectivity index (χ2v) is 4.10. The van der Waals surface area contributed by atoms with Crippen LogP contribution in [-0.2, 0) is 0 Å². The second-order valence-electron chi connectivity index (χ2n) is 4.10. The van der Waals surface area contributed by atoms with Gasteiger partial charge in [0.1, 0.15) is 5.82 Å². The zero-order chi connectivity index (χ0) is 15.2. The molecule has 20 heavy (non-hydrogen) atoms. The molecule has 4 nitrogen and oxygen atoms in total. The largest absolute Gasteiger partial charge is 0.370 e. The van der Waals surface area contributed by atoms with Crippen LogP contribution in [0.25, 0.3) is 0 Å². The van der Waals surface area contributed by atoms with Gasteiger partial charge in [-0.25, -0.2) is 13.8 Å². The zero-order valence-corrected chi connectivity index (χ0v) is 10.8. The summed E-state index contributed by atoms with van der Waals surface area (Å²) in [4.78, 5) is 15.5. The highest BCUT2D eigenvalue weighted by molar-refractivity contribution is 5.94. The summed E-state index contributed by atoms with van der Waals surface area (Å²) in [5.74, 6) is -4.68. The lowest BCUT2D eigenvalue weighted by Crippen LogP contribution is -2.41. The highest BCUT2D eigenvalue weighted by Crippen LogP contribution is 2.21. The van der Waals surface area contributed by atoms with Crippen molar-refractivity contribution in [3.63, 3.8) is 0 Å². The number of aromatic nitrogens is 1. The Labute approximate surface area is 113 Å². The van der Waals surface area contributed by atoms with E-state index in [1.165, 1.54) is 18.3 Å². The van der Waals surface area contributed by atoms with Gasteiger partial charge in [-0.3, -0.25) is 4.79 Å². The van der Waals surface area contributed by atoms with E-state index in [-0.39, 0.29) is 5.56 Å². The lowest BCUT2D eigenvalue weighted by molar-refractivity contribution is -0.123. The smallest absolute Gasteiger partial charge is 0.324 e. The molecule has 0 atom stereocenters. The molecule has 1 heterocycles. The van der Waals surface area contributed by atoms with Crippen LogP contribution < -0.4 is 10.6 Å². The molecule has 0 spiro atoms. The molecule has 0 aliphatic rings. The minimum absolute atomic E-state index is 0.0728. The molecular weight excluding hydrogens is 278 g/mol. The monoisotopic (exact) mass is 293 g/mol. The fourth-order valence-corrected chi connectivity index (χ4v) is 1.30. The molecule has 0 fully saturated rings. The van der Waals surface area contributed by atoms with Gasteiger partial charge < -0.3 is 10.6 Å². The minimum Gasteiger partial charge on any atom is -0.370 e. The number of pyridine rings is 1. The van der Waals surface area contributed by atoms with Crippen LogP contribution in [0, 0.1) is 0 Å². The molecule has 0 unspecified atom stereocenters. The Morgan fingerprint density at radius 1 is 1.45 bits per heavy atom. The summed E-state index contributed by atoms with van der Waals surface area (Å²) in [6.45, 7) is 1.17. The van der Waals surface area contributed by atoms with Gasteiger partial charge in [-0.15, -0.1) is 0 Å². The van der Waals surface area contributed by atoms with Crippen molar-refractivity contribution in [2.24, 2.45) is 0 Å². The third-order valence-corrected chi connectivity index (χ3v) is 2.38. The summed E-state index contributed by atoms with van der Waals surface area (Å²) in [6.07, 6.45) is -1.64. The first-order chi connectivity index (χ1) is 9.36. The Kier molecular flexibility index (Phi) is 5.72. The van der Waals surface area contributed by atoms with Crippen LogP contribution in [0.5, 0.6) is 0 Å². The molecule has 0 saturated heterocycles. The minimum atomic E-state index is -4.24. The summed E-state index contributed by atoms with van der Waals surface area (Å²) >= 11 is 0. The molecule has 1 aromatic heterocycles. The van der Waals surface area contributed by atoms with Gasteiger partial charge in [0.2, 0.25) is 0 Å². The highest BCUT2D eigenvalue weighted by Gasteiger charge is 2.40. The van der Waals surface area contributed by atoms with Crippen LogP contribution in [0.15, 0.2) is 18.3 Å². The number of amides is 1. The van der Waals surface area contributed by atoms with Crippen LogP contribution in [0.3, 0.4) is 0 Å². The summed E-state index contributed by atoms with van der Waals surface area (Å²) in [6, 6.07) is 2.68. The Bertz CT molecular complexity index is 454. The maximum absolute atomic E-state index is 12.7. The van der Waals surface area contributed by atoms with Crippen LogP contribution >= 0.6 is 0 Å². The third-order valence-electron chi connectivity index (χ3n) is 2.38. The average Bonchev–Trinajstić information content (AvgIpc) is 2.42. The first kappa shape index (κ1) is 16.2. The van der Waals surface area contributed by atoms with Crippen molar-refractivity contribution in [1.82, 2.24) is 10.3 Å². The number of nitrogens with one attached hydrogen (secondary N) is 2. The van der Waals surface area contributed by atoms with E-state index in [0.29, 0.717) is 12.4 Å². The van der Waals surface area contributed by atoms with E-state index < -0.39 is 24.8 Å². The van der Waals surface area contributed by atoms with Crippen molar-refractivity contribution in [3.8, 4) is 0 Å². The molecule has 0 aromatic carbocycles. The van der Waals surface area contributed by atoms with Gasteiger partial charge in [0.05, 0.1) is 6.54 Å². The molecule has 0 aliphatic heterocycles. The van der Waals surface area contributed by atoms with Gasteiger partial charge in [0, 0.05) is 18.3 Å². The van der Waals surface area contributed by atoms with E-state index in [4.69, 9.17) is 0 Å². The number of alkyl halides is 4. The number of anilines is 1. The van der Waals surface area contributed by atoms with E-state index in [9.17, 15) is 22.4 Å². The standard InChI is InChI=1S/C12H15F4N3O/c1-2-4-17-9-6-8(3-5-18-9)10(20)19-7-12(15,16)11(13)14/h3,5-6,11H,2,4,7H2,1H3,(H,17,18)(H,19,20). The molecule has 1 aromatic rings. The fraction of sp³-hybridized carbons (Fsp3) is 0.500. The number of rotatable bonds is 7. The zero-order valence-electron chi connectivity index (χ0n) is 10.8. The van der Waals surface area contributed by atoms with Gasteiger partial charge >= 0.3 is 12.3 Å². The van der Waals surface area contributed by atoms with E-state index in [1.54, 1.807) is 5.32 Å². The molecule has 112 valence electrons. The first-order valence-corrected chi connectivity index (χ1v) is 6.01. The maximum atomic E-state index is 12.7. The molecule has 0 radical (unpaired) electrons. The molecule has 0 saturated carbocycles. The van der Waals surface area contributed by atoms with Crippen LogP contribution in [0.2, 0.25) is 0 Å². The topological polar surface area (TPSA) is 54.0 Å². The number of carbonyl (C=O) groups is 1. The van der Waals surface area contributed by atoms with Gasteiger partial charge in [-0.1, -0.05) is 6.92 Å². The second kappa shape index (κ2) is 7.06. The van der Waals surface area contributed by atoms with Crippen molar-refractivity contribution in [2.45, 2.75) is 25.7 Å². The first-order valence-electron chi connectivity index (χ1n) is 6.01. The Morgan fingerprint density at radius 2 is 2.15 bits per heavy atom. The lowest BCUT2D eigenvalue weighted by Gasteiger charge is -2.15. The van der Waals surface area contributed by atoms with Crippen molar-refractivity contribution in [3.05, 3.63) is 23.9 Å². The van der Waals surface area contributed by atoms with Gasteiger partial charge in [0.15, 0.2) is 0 Å². The number of halogens is 4. The summed E-state index contributed by atoms with van der Waals surface area (Å²) < 4.78 is 49.3. The predicted octanol–water partition coefficient (Wildman–Crippen LogP) is 2.53. The SMILES string of the molecule is CCCNc1cc(C(=O)NCC(F)(F)C(F)F)ccn1. The van der Waals surface area contributed by atoms with Gasteiger partial charge in [0.25, 0.3) is 5.91 Å². The van der Waals surface area contributed by atoms with Gasteiger partial charge in [-0.2, -0.15) is 8.78 Å². The lowest BCUT2D eigenvalue weighted by atomic mass is 10.2. The van der Waals surface area contributed by atoms with Crippen molar-refractivity contribution in [1.29, 1.82) is 0 Å². The maximum Gasteiger partial charge on any atom is 0.324 e. The molecule has 2 N–H and O–H groups in total. The summed E-state index contributed by atoms with van der Waals surface area (Å²) in [5.41, 5.74) is 0.0728. The Hall–Kier alpha value is -1.86. The van der Waals surface area contributed by atoms with Gasteiger partial charge in [-0.05, 0) is 18.6 Å². The summed E-state index contributed by atoms with van der Waals surface area (Å²) in [5, 5.41) is 4.70. The molecule has 1 amide bonds. The third kappa shape index (κ3) is 4.67. The van der Waals surface area contributed by atoms with Crippen molar-refractivity contribution < 1.29 is 22.4 Å². The fourth-order valence-electron chi connectivity index (χ4n) is 1.30. The molecule has 8 heteroatoms. The normalized spacial score (nSPS) is 11.5. The molecule has 1 rings (SSSR count). The number of hydrogen-bond donors (Lipinski definition) is 2. The number of carbonyl (C=O) groups excluding carboxylic acids is 1. The van der Waals surface area contributed by atoms with E-state index in [0.717, 1.165) is 6.42 Å². The quantitative estimate of drug-likeness (QED) is 0.760. The molecule has 0 aliphatic carbocycles. The van der Waals surface area contributed by atoms with Crippen molar-refractivity contribution in [2.75, 3.05) is 18.4 Å². The van der Waals surface area contributed by atoms with Crippen LogP contribution in [-0.4, -0.2) is 36.3 Å². The number of nitrogens with zero attached hydrogens (tertiary/aromatic N) is 1. The predicted molar refractivity (Wildman–Crippen MR) is 66.3 cm³/mol. The number of hydrogen-bond acceptors (Lipinski definition) is 3. The van der Waals surface area contributed by atoms with Crippen molar-refractivity contribution >= 4 is 11.7 Å². The summed E-state index contributed by atoms with van der Waals surface area (Å²) in [7, 11) is 0. The van der Waals surface area contributed by atoms with Crippen LogP contribution in [0.1, 0.15) is 23.7 Å². The van der Waals surface area contributed by atoms with E-state index in [2.05, 4.69) is 10.3 Å². The molecule has 0 bridgehead atoms. The Balaban J connectivity index is 2.63.